The summed E-state index contributed by atoms with van der Waals surface area (Å²) in [5.41, 5.74) is 22.2. The second kappa shape index (κ2) is 22.5. The predicted octanol–water partition coefficient (Wildman–Crippen LogP) is 19.9. The van der Waals surface area contributed by atoms with Crippen LogP contribution in [0.5, 0.6) is 0 Å². The van der Waals surface area contributed by atoms with E-state index in [1.807, 2.05) is 0 Å². The van der Waals surface area contributed by atoms with Gasteiger partial charge in [0.2, 0.25) is 0 Å². The fraction of sp³-hybridized carbons (Fsp3) is 0.425. The Bertz CT molecular complexity index is 3620. The Hall–Kier alpha value is -4.64. The average molecular weight is 1330 g/mol. The number of rotatable bonds is 14. The first-order valence-electron chi connectivity index (χ1n) is 34.1. The van der Waals surface area contributed by atoms with Crippen molar-refractivity contribution in [2.24, 2.45) is 0 Å². The number of fused-ring (bicyclic) bond motifs is 7. The van der Waals surface area contributed by atoms with Crippen LogP contribution in [0.15, 0.2) is 121 Å². The third-order valence-electron chi connectivity index (χ3n) is 19.8. The summed E-state index contributed by atoms with van der Waals surface area (Å²) in [6.45, 7) is 75.6. The van der Waals surface area contributed by atoms with Gasteiger partial charge in [0.1, 0.15) is 0 Å². The molecular weight excluding hydrogens is 1210 g/mol. The number of nitrogens with zero attached hydrogens (tertiary/aromatic N) is 2. The zero-order valence-corrected chi connectivity index (χ0v) is 69.9. The minimum absolute atomic E-state index is 0.108. The van der Waals surface area contributed by atoms with Crippen LogP contribution in [0, 0.1) is 0 Å². The topological polar surface area (TPSA) is 6.48 Å². The molecule has 476 valence electrons. The van der Waals surface area contributed by atoms with Gasteiger partial charge >= 0.3 is 0 Å². The molecule has 0 fully saturated rings. The average Bonchev–Trinajstić information content (AvgIpc) is 1.49. The van der Waals surface area contributed by atoms with Crippen molar-refractivity contribution in [2.45, 2.75) is 222 Å². The van der Waals surface area contributed by atoms with Crippen LogP contribution in [0.25, 0.3) is 33.0 Å². The molecule has 0 spiro atoms. The summed E-state index contributed by atoms with van der Waals surface area (Å²) in [6, 6.07) is 51.7. The van der Waals surface area contributed by atoms with E-state index in [4.69, 9.17) is 0 Å². The van der Waals surface area contributed by atoms with Crippen molar-refractivity contribution in [1.82, 2.24) is 0 Å². The van der Waals surface area contributed by atoms with Gasteiger partial charge in [0, 0.05) is 34.1 Å². The number of benzene rings is 8. The lowest BCUT2D eigenvalue weighted by Crippen LogP contribution is -2.46. The first-order chi connectivity index (χ1) is 40.9. The molecule has 0 heterocycles. The fourth-order valence-electron chi connectivity index (χ4n) is 14.1. The van der Waals surface area contributed by atoms with E-state index < -0.39 is 64.6 Å². The maximum absolute atomic E-state index is 2.69. The van der Waals surface area contributed by atoms with E-state index in [9.17, 15) is 0 Å². The molecular formula is C80H114N2Si8. The molecule has 10 rings (SSSR count). The Labute approximate surface area is 555 Å². The van der Waals surface area contributed by atoms with Crippen LogP contribution in [-0.4, -0.2) is 64.6 Å². The minimum atomic E-state index is -1.71. The van der Waals surface area contributed by atoms with E-state index in [-0.39, 0.29) is 10.8 Å². The van der Waals surface area contributed by atoms with Gasteiger partial charge in [-0.15, -0.1) is 0 Å². The number of hydrogen-bond donors (Lipinski definition) is 0. The highest BCUT2D eigenvalue weighted by molar-refractivity contribution is 6.94. The smallest absolute Gasteiger partial charge is 0.0776 e. The molecule has 0 saturated carbocycles. The van der Waals surface area contributed by atoms with E-state index in [2.05, 4.69) is 330 Å². The summed E-state index contributed by atoms with van der Waals surface area (Å²) in [5.74, 6) is 0. The Morgan fingerprint density at radius 2 is 0.456 bits per heavy atom. The van der Waals surface area contributed by atoms with Crippen LogP contribution >= 0.6 is 0 Å². The molecule has 0 N–H and O–H groups in total. The Balaban J connectivity index is 1.18. The van der Waals surface area contributed by atoms with Crippen LogP contribution in [-0.2, 0) is 23.7 Å². The standard InChI is InChI=1S/C80H114N2Si8/c1-79(2,3)77-73-37-53-35-55(81(57-39-61(83(7,8)9)47-62(40-57)84(10,11)12)58-41-63(85(13,14)15)48-64(42-58)86(16,17)18)31-33-69(53)71(73)52-76-75(77)51-72-70-34-32-56(36-54(70)38-74(72)78(76)80(4,5)6)82(59-43-65(87(19,20)21)49-66(44-59)88(22,23)24)60-45-67(89(25,26)27)50-68(46-60)90(28,29)30/h31-36,39-52H,37-38H2,1-30H3. The van der Waals surface area contributed by atoms with Gasteiger partial charge in [-0.1, -0.05) is 277 Å². The lowest BCUT2D eigenvalue weighted by molar-refractivity contribution is 0.585. The summed E-state index contributed by atoms with van der Waals surface area (Å²) in [7, 11) is -13.7. The van der Waals surface area contributed by atoms with Crippen molar-refractivity contribution in [1.29, 1.82) is 0 Å². The third-order valence-corrected chi connectivity index (χ3v) is 36.0. The molecule has 8 aromatic carbocycles. The van der Waals surface area contributed by atoms with Crippen molar-refractivity contribution in [3.8, 4) is 22.3 Å². The second-order valence-corrected chi connectivity index (χ2v) is 78.6. The monoisotopic (exact) mass is 1330 g/mol. The van der Waals surface area contributed by atoms with Gasteiger partial charge in [-0.3, -0.25) is 0 Å². The van der Waals surface area contributed by atoms with Gasteiger partial charge in [-0.2, -0.15) is 0 Å². The van der Waals surface area contributed by atoms with Gasteiger partial charge < -0.3 is 9.80 Å². The second-order valence-electron chi connectivity index (χ2n) is 37.9. The summed E-state index contributed by atoms with van der Waals surface area (Å²) in [5, 5.41) is 15.3. The molecule has 0 aliphatic heterocycles. The van der Waals surface area contributed by atoms with Crippen molar-refractivity contribution < 1.29 is 0 Å². The van der Waals surface area contributed by atoms with Crippen molar-refractivity contribution in [3.63, 3.8) is 0 Å². The molecule has 2 aliphatic carbocycles. The molecule has 0 amide bonds. The summed E-state index contributed by atoms with van der Waals surface area (Å²) >= 11 is 0. The Kier molecular flexibility index (Phi) is 17.1. The number of hydrogen-bond acceptors (Lipinski definition) is 2. The molecule has 2 nitrogen and oxygen atoms in total. The maximum atomic E-state index is 2.69. The van der Waals surface area contributed by atoms with Crippen molar-refractivity contribution in [3.05, 3.63) is 155 Å². The minimum Gasteiger partial charge on any atom is -0.311 e. The maximum Gasteiger partial charge on any atom is 0.0776 e. The molecule has 0 saturated heterocycles. The summed E-state index contributed by atoms with van der Waals surface area (Å²) in [6.07, 6.45) is 1.85. The summed E-state index contributed by atoms with van der Waals surface area (Å²) in [4.78, 5) is 5.39. The molecule has 0 aromatic heterocycles. The fourth-order valence-corrected chi connectivity index (χ4v) is 24.1. The van der Waals surface area contributed by atoms with Gasteiger partial charge in [0.05, 0.1) is 64.6 Å². The van der Waals surface area contributed by atoms with E-state index in [1.165, 1.54) is 101 Å². The zero-order valence-electron chi connectivity index (χ0n) is 61.9. The van der Waals surface area contributed by atoms with Crippen molar-refractivity contribution >= 4 is 151 Å². The van der Waals surface area contributed by atoms with E-state index in [0.717, 1.165) is 12.8 Å². The zero-order chi connectivity index (χ0) is 66.7. The lowest BCUT2D eigenvalue weighted by atomic mass is 9.73. The molecule has 0 radical (unpaired) electrons. The Morgan fingerprint density at radius 1 is 0.244 bits per heavy atom. The van der Waals surface area contributed by atoms with Crippen molar-refractivity contribution in [2.75, 3.05) is 9.80 Å². The van der Waals surface area contributed by atoms with E-state index in [1.54, 1.807) is 41.5 Å². The van der Waals surface area contributed by atoms with E-state index >= 15 is 0 Å². The first kappa shape index (κ1) is 68.2. The van der Waals surface area contributed by atoms with Gasteiger partial charge in [0.25, 0.3) is 0 Å². The highest BCUT2D eigenvalue weighted by Crippen LogP contribution is 2.53. The third kappa shape index (κ3) is 13.4. The molecule has 0 atom stereocenters. The van der Waals surface area contributed by atoms with Crippen LogP contribution in [0.4, 0.5) is 34.1 Å². The first-order valence-corrected chi connectivity index (χ1v) is 62.1. The van der Waals surface area contributed by atoms with Gasteiger partial charge in [-0.05, 0) is 175 Å². The van der Waals surface area contributed by atoms with E-state index in [0.29, 0.717) is 0 Å². The number of anilines is 6. The predicted molar refractivity (Wildman–Crippen MR) is 431 cm³/mol. The summed E-state index contributed by atoms with van der Waals surface area (Å²) < 4.78 is 0. The van der Waals surface area contributed by atoms with Crippen LogP contribution < -0.4 is 51.3 Å². The quantitative estimate of drug-likeness (QED) is 0.100. The molecule has 0 unspecified atom stereocenters. The van der Waals surface area contributed by atoms with Crippen LogP contribution in [0.3, 0.4) is 0 Å². The Morgan fingerprint density at radius 3 is 0.644 bits per heavy atom. The van der Waals surface area contributed by atoms with Gasteiger partial charge in [0.15, 0.2) is 0 Å². The molecule has 10 heteroatoms. The molecule has 2 aliphatic rings. The largest absolute Gasteiger partial charge is 0.311 e. The highest BCUT2D eigenvalue weighted by Gasteiger charge is 2.38. The normalized spacial score (nSPS) is 14.2. The van der Waals surface area contributed by atoms with Crippen LogP contribution in [0.2, 0.25) is 157 Å². The highest BCUT2D eigenvalue weighted by atomic mass is 28.3. The van der Waals surface area contributed by atoms with Gasteiger partial charge in [-0.25, -0.2) is 0 Å². The molecule has 8 aromatic rings. The lowest BCUT2D eigenvalue weighted by Gasteiger charge is -2.33. The molecule has 0 bridgehead atoms. The SMILES string of the molecule is CC(C)(C)c1c2c(cc3c(C(C)(C)C)c4c(cc13)-c1ccc(N(c3cc([Si](C)(C)C)cc([Si](C)(C)C)c3)c3cc([Si](C)(C)C)cc([Si](C)(C)C)c3)cc1C4)-c1ccc(N(c3cc([Si](C)(C)C)cc([Si](C)(C)C)c3)c3cc([Si](C)(C)C)cc([Si](C)(C)C)c3)cc1C2. The molecule has 90 heavy (non-hydrogen) atoms. The van der Waals surface area contributed by atoms with Crippen LogP contribution in [0.1, 0.15) is 74.9 Å².